The lowest BCUT2D eigenvalue weighted by Gasteiger charge is -2.37. The fourth-order valence-corrected chi connectivity index (χ4v) is 4.99. The first-order chi connectivity index (χ1) is 16.2. The molecule has 2 amide bonds. The zero-order valence-electron chi connectivity index (χ0n) is 19.3. The number of hydrogen-bond acceptors (Lipinski definition) is 6. The van der Waals surface area contributed by atoms with Crippen molar-refractivity contribution in [2.45, 2.75) is 26.7 Å². The number of nitrogens with zero attached hydrogens (tertiary/aromatic N) is 3. The SMILES string of the molecule is CC(C)(CC(=O)O)CC(=O)N1CCN(c2ccc(C(=O)Nc3nc4ccccc4s3)cc2)CC1. The normalized spacial score (nSPS) is 14.3. The van der Waals surface area contributed by atoms with Crippen molar-refractivity contribution in [3.8, 4) is 0 Å². The molecule has 0 aliphatic carbocycles. The summed E-state index contributed by atoms with van der Waals surface area (Å²) in [5, 5.41) is 12.5. The van der Waals surface area contributed by atoms with Gasteiger partial charge in [0, 0.05) is 43.9 Å². The van der Waals surface area contributed by atoms with Crippen LogP contribution in [0.25, 0.3) is 10.2 Å². The van der Waals surface area contributed by atoms with E-state index in [1.807, 2.05) is 50.2 Å². The Morgan fingerprint density at radius 3 is 2.32 bits per heavy atom. The van der Waals surface area contributed by atoms with E-state index < -0.39 is 11.4 Å². The van der Waals surface area contributed by atoms with Gasteiger partial charge in [0.2, 0.25) is 5.91 Å². The first-order valence-electron chi connectivity index (χ1n) is 11.2. The van der Waals surface area contributed by atoms with Crippen LogP contribution in [0.2, 0.25) is 0 Å². The number of amides is 2. The molecule has 0 bridgehead atoms. The van der Waals surface area contributed by atoms with Gasteiger partial charge in [0.1, 0.15) is 0 Å². The largest absolute Gasteiger partial charge is 0.481 e. The summed E-state index contributed by atoms with van der Waals surface area (Å²) in [6, 6.07) is 15.2. The Kier molecular flexibility index (Phi) is 6.83. The summed E-state index contributed by atoms with van der Waals surface area (Å²) in [4.78, 5) is 44.7. The van der Waals surface area contributed by atoms with Gasteiger partial charge in [-0.05, 0) is 41.8 Å². The number of carboxylic acid groups (broad SMARTS) is 1. The summed E-state index contributed by atoms with van der Waals surface area (Å²) in [6.45, 7) is 6.15. The molecule has 0 saturated carbocycles. The Morgan fingerprint density at radius 2 is 1.68 bits per heavy atom. The van der Waals surface area contributed by atoms with Gasteiger partial charge in [-0.3, -0.25) is 19.7 Å². The van der Waals surface area contributed by atoms with Crippen molar-refractivity contribution in [2.24, 2.45) is 5.41 Å². The Morgan fingerprint density at radius 1 is 1.00 bits per heavy atom. The van der Waals surface area contributed by atoms with Crippen molar-refractivity contribution >= 4 is 50.2 Å². The van der Waals surface area contributed by atoms with Crippen LogP contribution in [0.5, 0.6) is 0 Å². The summed E-state index contributed by atoms with van der Waals surface area (Å²) in [5.74, 6) is -1.10. The summed E-state index contributed by atoms with van der Waals surface area (Å²) in [5.41, 5.74) is 1.84. The minimum Gasteiger partial charge on any atom is -0.481 e. The second-order valence-electron chi connectivity index (χ2n) is 9.27. The van der Waals surface area contributed by atoms with Crippen LogP contribution in [0.3, 0.4) is 0 Å². The first kappa shape index (κ1) is 23.7. The summed E-state index contributed by atoms with van der Waals surface area (Å²) in [7, 11) is 0. The molecule has 2 heterocycles. The number of para-hydroxylation sites is 1. The van der Waals surface area contributed by atoms with E-state index in [0.29, 0.717) is 36.9 Å². The van der Waals surface area contributed by atoms with E-state index >= 15 is 0 Å². The van der Waals surface area contributed by atoms with Crippen LogP contribution in [0.1, 0.15) is 37.0 Å². The van der Waals surface area contributed by atoms with E-state index in [-0.39, 0.29) is 24.7 Å². The molecule has 1 fully saturated rings. The topological polar surface area (TPSA) is 103 Å². The van der Waals surface area contributed by atoms with E-state index in [0.717, 1.165) is 15.9 Å². The van der Waals surface area contributed by atoms with Crippen LogP contribution in [-0.2, 0) is 9.59 Å². The molecule has 2 N–H and O–H groups in total. The second kappa shape index (κ2) is 9.80. The van der Waals surface area contributed by atoms with Crippen molar-refractivity contribution in [3.05, 3.63) is 54.1 Å². The smallest absolute Gasteiger partial charge is 0.303 e. The number of nitrogens with one attached hydrogen (secondary N) is 1. The Labute approximate surface area is 202 Å². The van der Waals surface area contributed by atoms with Crippen molar-refractivity contribution in [1.29, 1.82) is 0 Å². The van der Waals surface area contributed by atoms with E-state index in [1.165, 1.54) is 11.3 Å². The maximum absolute atomic E-state index is 12.6. The molecule has 34 heavy (non-hydrogen) atoms. The highest BCUT2D eigenvalue weighted by Gasteiger charge is 2.29. The number of carboxylic acids is 1. The number of rotatable bonds is 7. The van der Waals surface area contributed by atoms with Gasteiger partial charge in [0.25, 0.3) is 5.91 Å². The van der Waals surface area contributed by atoms with Crippen LogP contribution in [0.15, 0.2) is 48.5 Å². The molecular formula is C25H28N4O4S. The molecule has 1 saturated heterocycles. The lowest BCUT2D eigenvalue weighted by molar-refractivity contribution is -0.140. The number of aromatic nitrogens is 1. The van der Waals surface area contributed by atoms with Crippen LogP contribution in [-0.4, -0.2) is 59.0 Å². The van der Waals surface area contributed by atoms with E-state index in [1.54, 1.807) is 17.0 Å². The number of carbonyl (C=O) groups excluding carboxylic acids is 2. The molecule has 9 heteroatoms. The van der Waals surface area contributed by atoms with Crippen LogP contribution < -0.4 is 10.2 Å². The molecule has 4 rings (SSSR count). The molecule has 0 spiro atoms. The van der Waals surface area contributed by atoms with Gasteiger partial charge in [0.15, 0.2) is 5.13 Å². The first-order valence-corrected chi connectivity index (χ1v) is 12.0. The van der Waals surface area contributed by atoms with E-state index in [4.69, 9.17) is 5.11 Å². The molecule has 1 aliphatic heterocycles. The molecular weight excluding hydrogens is 452 g/mol. The lowest BCUT2D eigenvalue weighted by Crippen LogP contribution is -2.49. The second-order valence-corrected chi connectivity index (χ2v) is 10.3. The number of aliphatic carboxylic acids is 1. The van der Waals surface area contributed by atoms with E-state index in [2.05, 4.69) is 15.2 Å². The molecule has 1 aromatic heterocycles. The number of fused-ring (bicyclic) bond motifs is 1. The van der Waals surface area contributed by atoms with Crippen molar-refractivity contribution in [3.63, 3.8) is 0 Å². The fourth-order valence-electron chi connectivity index (χ4n) is 4.13. The number of benzene rings is 2. The Bertz CT molecular complexity index is 1160. The van der Waals surface area contributed by atoms with Crippen LogP contribution in [0, 0.1) is 5.41 Å². The number of anilines is 2. The average molecular weight is 481 g/mol. The minimum atomic E-state index is -0.889. The zero-order chi connectivity index (χ0) is 24.3. The van der Waals surface area contributed by atoms with Gasteiger partial charge < -0.3 is 14.9 Å². The van der Waals surface area contributed by atoms with Gasteiger partial charge in [-0.2, -0.15) is 0 Å². The monoisotopic (exact) mass is 480 g/mol. The van der Waals surface area contributed by atoms with Gasteiger partial charge in [-0.25, -0.2) is 4.98 Å². The maximum Gasteiger partial charge on any atom is 0.303 e. The van der Waals surface area contributed by atoms with Crippen molar-refractivity contribution in [2.75, 3.05) is 36.4 Å². The van der Waals surface area contributed by atoms with Crippen molar-refractivity contribution in [1.82, 2.24) is 9.88 Å². The predicted octanol–water partition coefficient (Wildman–Crippen LogP) is 4.09. The third-order valence-corrected chi connectivity index (χ3v) is 6.85. The number of hydrogen-bond donors (Lipinski definition) is 2. The predicted molar refractivity (Wildman–Crippen MR) is 133 cm³/mol. The Balaban J connectivity index is 1.31. The van der Waals surface area contributed by atoms with Gasteiger partial charge in [-0.15, -0.1) is 0 Å². The minimum absolute atomic E-state index is 0.00670. The molecule has 2 aromatic carbocycles. The summed E-state index contributed by atoms with van der Waals surface area (Å²) >= 11 is 1.44. The average Bonchev–Trinajstić information content (AvgIpc) is 3.20. The highest BCUT2D eigenvalue weighted by molar-refractivity contribution is 7.22. The molecule has 178 valence electrons. The third kappa shape index (κ3) is 5.72. The maximum atomic E-state index is 12.6. The number of piperazine rings is 1. The quantitative estimate of drug-likeness (QED) is 0.528. The van der Waals surface area contributed by atoms with E-state index in [9.17, 15) is 14.4 Å². The molecule has 1 aliphatic rings. The number of carbonyl (C=O) groups is 3. The fraction of sp³-hybridized carbons (Fsp3) is 0.360. The number of thiazole rings is 1. The molecule has 3 aromatic rings. The Hall–Kier alpha value is -3.46. The standard InChI is InChI=1S/C25H28N4O4S/c1-25(2,16-22(31)32)15-21(30)29-13-11-28(12-14-29)18-9-7-17(8-10-18)23(33)27-24-26-19-5-3-4-6-20(19)34-24/h3-10H,11-16H2,1-2H3,(H,31,32)(H,26,27,33). The zero-order valence-corrected chi connectivity index (χ0v) is 20.1. The molecule has 8 nitrogen and oxygen atoms in total. The van der Waals surface area contributed by atoms with Gasteiger partial charge >= 0.3 is 5.97 Å². The van der Waals surface area contributed by atoms with Crippen LogP contribution in [0.4, 0.5) is 10.8 Å². The van der Waals surface area contributed by atoms with Gasteiger partial charge in [0.05, 0.1) is 16.6 Å². The lowest BCUT2D eigenvalue weighted by atomic mass is 9.85. The van der Waals surface area contributed by atoms with Crippen molar-refractivity contribution < 1.29 is 19.5 Å². The third-order valence-electron chi connectivity index (χ3n) is 5.90. The van der Waals surface area contributed by atoms with Gasteiger partial charge in [-0.1, -0.05) is 37.3 Å². The van der Waals surface area contributed by atoms with Crippen LogP contribution >= 0.6 is 11.3 Å². The molecule has 0 unspecified atom stereocenters. The highest BCUT2D eigenvalue weighted by Crippen LogP contribution is 2.28. The summed E-state index contributed by atoms with van der Waals surface area (Å²) in [6.07, 6.45) is 0.190. The molecule has 0 radical (unpaired) electrons. The highest BCUT2D eigenvalue weighted by atomic mass is 32.1. The molecule has 0 atom stereocenters. The summed E-state index contributed by atoms with van der Waals surface area (Å²) < 4.78 is 1.02.